The second-order valence-electron chi connectivity index (χ2n) is 9.91. The van der Waals surface area contributed by atoms with Crippen LogP contribution in [0.2, 0.25) is 0 Å². The van der Waals surface area contributed by atoms with Gasteiger partial charge in [-0.25, -0.2) is 4.79 Å². The zero-order valence-corrected chi connectivity index (χ0v) is 22.6. The number of esters is 1. The van der Waals surface area contributed by atoms with Gasteiger partial charge in [0.2, 0.25) is 0 Å². The Hall–Kier alpha value is -3.77. The first kappa shape index (κ1) is 27.3. The minimum Gasteiger partial charge on any atom is -0.494 e. The molecule has 38 heavy (non-hydrogen) atoms. The Labute approximate surface area is 227 Å². The van der Waals surface area contributed by atoms with E-state index in [9.17, 15) is 4.79 Å². The Balaban J connectivity index is 1.27. The van der Waals surface area contributed by atoms with Crippen molar-refractivity contribution in [2.45, 2.75) is 64.7 Å². The maximum absolute atomic E-state index is 11.1. The average Bonchev–Trinajstić information content (AvgIpc) is 3.31. The number of benzene rings is 3. The van der Waals surface area contributed by atoms with Crippen molar-refractivity contribution in [2.75, 3.05) is 13.2 Å². The maximum atomic E-state index is 11.1. The molecule has 3 heteroatoms. The SMILES string of the molecule is C=CC(=O)OCCCCCCc1ccc2c(c1)Cc1cc(C#Cc3ccc(OCCCCC)cc3)ccc1-2. The van der Waals surface area contributed by atoms with E-state index in [1.807, 2.05) is 24.3 Å². The molecule has 3 nitrogen and oxygen atoms in total. The molecule has 0 spiro atoms. The van der Waals surface area contributed by atoms with Crippen molar-refractivity contribution in [2.24, 2.45) is 0 Å². The van der Waals surface area contributed by atoms with E-state index in [1.54, 1.807) is 0 Å². The number of ether oxygens (including phenoxy) is 2. The number of fused-ring (bicyclic) bond motifs is 3. The van der Waals surface area contributed by atoms with Gasteiger partial charge < -0.3 is 9.47 Å². The lowest BCUT2D eigenvalue weighted by atomic mass is 10.00. The fraction of sp³-hybridized carbons (Fsp3) is 0.343. The highest BCUT2D eigenvalue weighted by Gasteiger charge is 2.18. The summed E-state index contributed by atoms with van der Waals surface area (Å²) >= 11 is 0. The lowest BCUT2D eigenvalue weighted by Gasteiger charge is -2.06. The van der Waals surface area contributed by atoms with Crippen LogP contribution in [0, 0.1) is 11.8 Å². The van der Waals surface area contributed by atoms with Gasteiger partial charge in [-0.15, -0.1) is 0 Å². The number of unbranched alkanes of at least 4 members (excludes halogenated alkanes) is 5. The number of aryl methyl sites for hydroxylation is 1. The summed E-state index contributed by atoms with van der Waals surface area (Å²) in [6, 6.07) is 21.6. The van der Waals surface area contributed by atoms with Gasteiger partial charge in [-0.1, -0.05) is 75.3 Å². The highest BCUT2D eigenvalue weighted by atomic mass is 16.5. The van der Waals surface area contributed by atoms with Gasteiger partial charge in [0, 0.05) is 17.2 Å². The highest BCUT2D eigenvalue weighted by molar-refractivity contribution is 5.81. The van der Waals surface area contributed by atoms with Crippen molar-refractivity contribution in [3.8, 4) is 28.7 Å². The molecule has 0 bridgehead atoms. The summed E-state index contributed by atoms with van der Waals surface area (Å²) in [5.41, 5.74) is 8.89. The van der Waals surface area contributed by atoms with Crippen molar-refractivity contribution in [3.63, 3.8) is 0 Å². The quantitative estimate of drug-likeness (QED) is 0.0796. The molecule has 3 aromatic carbocycles. The van der Waals surface area contributed by atoms with Gasteiger partial charge in [0.1, 0.15) is 5.75 Å². The second kappa shape index (κ2) is 14.2. The van der Waals surface area contributed by atoms with Gasteiger partial charge in [-0.2, -0.15) is 0 Å². The van der Waals surface area contributed by atoms with Crippen molar-refractivity contribution in [3.05, 3.63) is 101 Å². The first-order valence-electron chi connectivity index (χ1n) is 14.0. The molecular weight excluding hydrogens is 468 g/mol. The van der Waals surface area contributed by atoms with E-state index in [0.717, 1.165) is 68.4 Å². The highest BCUT2D eigenvalue weighted by Crippen LogP contribution is 2.37. The van der Waals surface area contributed by atoms with E-state index in [4.69, 9.17) is 9.47 Å². The summed E-state index contributed by atoms with van der Waals surface area (Å²) in [6.45, 7) is 6.87. The smallest absolute Gasteiger partial charge is 0.330 e. The number of carbonyl (C=O) groups excluding carboxylic acids is 1. The van der Waals surface area contributed by atoms with Gasteiger partial charge in [-0.3, -0.25) is 0 Å². The molecule has 0 radical (unpaired) electrons. The number of hydrogen-bond donors (Lipinski definition) is 0. The monoisotopic (exact) mass is 506 g/mol. The molecule has 1 aliphatic rings. The number of carbonyl (C=O) groups is 1. The van der Waals surface area contributed by atoms with Gasteiger partial charge in [-0.05, 0) is 96.3 Å². The van der Waals surface area contributed by atoms with Gasteiger partial charge in [0.25, 0.3) is 0 Å². The van der Waals surface area contributed by atoms with Crippen molar-refractivity contribution in [1.29, 1.82) is 0 Å². The lowest BCUT2D eigenvalue weighted by molar-refractivity contribution is -0.137. The van der Waals surface area contributed by atoms with Crippen molar-refractivity contribution < 1.29 is 14.3 Å². The van der Waals surface area contributed by atoms with Crippen LogP contribution in [0.4, 0.5) is 0 Å². The molecule has 0 amide bonds. The van der Waals surface area contributed by atoms with Gasteiger partial charge in [0.15, 0.2) is 0 Å². The molecule has 0 saturated heterocycles. The van der Waals surface area contributed by atoms with E-state index in [-0.39, 0.29) is 5.97 Å². The molecule has 196 valence electrons. The fourth-order valence-electron chi connectivity index (χ4n) is 4.83. The minimum absolute atomic E-state index is 0.336. The van der Waals surface area contributed by atoms with Crippen LogP contribution in [0.5, 0.6) is 5.75 Å². The zero-order valence-electron chi connectivity index (χ0n) is 22.6. The summed E-state index contributed by atoms with van der Waals surface area (Å²) in [7, 11) is 0. The summed E-state index contributed by atoms with van der Waals surface area (Å²) < 4.78 is 10.8. The summed E-state index contributed by atoms with van der Waals surface area (Å²) in [5, 5.41) is 0. The predicted octanol–water partition coefficient (Wildman–Crippen LogP) is 8.06. The van der Waals surface area contributed by atoms with E-state index in [1.165, 1.54) is 46.7 Å². The average molecular weight is 507 g/mol. The van der Waals surface area contributed by atoms with Gasteiger partial charge in [0.05, 0.1) is 13.2 Å². The van der Waals surface area contributed by atoms with Gasteiger partial charge >= 0.3 is 5.97 Å². The van der Waals surface area contributed by atoms with Crippen LogP contribution in [-0.2, 0) is 22.4 Å². The van der Waals surface area contributed by atoms with Crippen molar-refractivity contribution >= 4 is 5.97 Å². The summed E-state index contributed by atoms with van der Waals surface area (Å²) in [4.78, 5) is 11.1. The zero-order chi connectivity index (χ0) is 26.6. The second-order valence-corrected chi connectivity index (χ2v) is 9.91. The molecule has 4 rings (SSSR count). The molecule has 0 aromatic heterocycles. The Bertz CT molecular complexity index is 1290. The van der Waals surface area contributed by atoms with E-state index < -0.39 is 0 Å². The minimum atomic E-state index is -0.336. The molecule has 3 aromatic rings. The Morgan fingerprint density at radius 2 is 1.50 bits per heavy atom. The normalized spacial score (nSPS) is 11.2. The third-order valence-corrected chi connectivity index (χ3v) is 6.94. The van der Waals surface area contributed by atoms with Crippen LogP contribution in [-0.4, -0.2) is 19.2 Å². The number of hydrogen-bond acceptors (Lipinski definition) is 3. The molecule has 0 aliphatic heterocycles. The number of rotatable bonds is 13. The topological polar surface area (TPSA) is 35.5 Å². The summed E-state index contributed by atoms with van der Waals surface area (Å²) in [6.07, 6.45) is 11.0. The largest absolute Gasteiger partial charge is 0.494 e. The van der Waals surface area contributed by atoms with Crippen LogP contribution in [0.1, 0.15) is 79.7 Å². The van der Waals surface area contributed by atoms with Crippen LogP contribution in [0.25, 0.3) is 11.1 Å². The Kier molecular flexibility index (Phi) is 10.2. The molecule has 0 N–H and O–H groups in total. The Morgan fingerprint density at radius 3 is 2.29 bits per heavy atom. The molecule has 1 aliphatic carbocycles. The van der Waals surface area contributed by atoms with E-state index in [2.05, 4.69) is 61.7 Å². The fourth-order valence-corrected chi connectivity index (χ4v) is 4.83. The van der Waals surface area contributed by atoms with Crippen molar-refractivity contribution in [1.82, 2.24) is 0 Å². The predicted molar refractivity (Wildman–Crippen MR) is 155 cm³/mol. The van der Waals surface area contributed by atoms with Crippen LogP contribution < -0.4 is 4.74 Å². The third kappa shape index (κ3) is 7.86. The molecular formula is C35H38O3. The molecule has 0 fully saturated rings. The van der Waals surface area contributed by atoms with E-state index in [0.29, 0.717) is 6.61 Å². The van der Waals surface area contributed by atoms with Crippen LogP contribution >= 0.6 is 0 Å². The Morgan fingerprint density at radius 1 is 0.816 bits per heavy atom. The lowest BCUT2D eigenvalue weighted by Crippen LogP contribution is -2.01. The van der Waals surface area contributed by atoms with Crippen LogP contribution in [0.15, 0.2) is 73.3 Å². The first-order valence-corrected chi connectivity index (χ1v) is 14.0. The third-order valence-electron chi connectivity index (χ3n) is 6.94. The molecule has 0 heterocycles. The molecule has 0 atom stereocenters. The van der Waals surface area contributed by atoms with E-state index >= 15 is 0 Å². The van der Waals surface area contributed by atoms with Crippen LogP contribution in [0.3, 0.4) is 0 Å². The molecule has 0 unspecified atom stereocenters. The maximum Gasteiger partial charge on any atom is 0.330 e. The first-order chi connectivity index (χ1) is 18.7. The molecule has 0 saturated carbocycles. The summed E-state index contributed by atoms with van der Waals surface area (Å²) in [5.74, 6) is 7.22. The standard InChI is InChI=1S/C35H38O3/c1-3-5-9-22-37-32-18-14-27(15-19-32)12-13-29-17-21-34-31(25-29)26-30-24-28(16-20-33(30)34)11-8-6-7-10-23-38-35(36)4-2/h4,14-21,24-25H,2-3,5-11,22-23,26H2,1H3.